The Kier molecular flexibility index (Phi) is 4.27. The van der Waals surface area contributed by atoms with Crippen LogP contribution in [-0.2, 0) is 0 Å². The molecular weight excluding hydrogens is 78.1 g/mol. The maximum absolute atomic E-state index is 3.68. The largest absolute Gasteiger partial charge is 0.140 e. The van der Waals surface area contributed by atoms with E-state index in [0.717, 1.165) is 0 Å². The van der Waals surface area contributed by atoms with E-state index in [-0.39, 0.29) is 0 Å². The van der Waals surface area contributed by atoms with Gasteiger partial charge >= 0.3 is 0 Å². The second kappa shape index (κ2) is 4.23. The molecule has 0 saturated carbocycles. The molecule has 0 rings (SSSR count). The molecule has 0 spiro atoms. The normalized spacial score (nSPS) is 6.86. The number of hydrogen-bond donors (Lipinski definition) is 0. The second-order valence-electron chi connectivity index (χ2n) is 2.00. The predicted octanol–water partition coefficient (Wildman–Crippen LogP) is -2.83. The predicted molar refractivity (Wildman–Crippen MR) is 47.3 cm³/mol. The van der Waals surface area contributed by atoms with Gasteiger partial charge in [0.25, 0.3) is 0 Å². The highest BCUT2D eigenvalue weighted by Gasteiger charge is 1.97. The zero-order chi connectivity index (χ0) is 5.70. The first-order chi connectivity index (χ1) is 3.31. The second-order valence-corrected chi connectivity index (χ2v) is 2.00. The van der Waals surface area contributed by atoms with Gasteiger partial charge in [0.2, 0.25) is 0 Å². The lowest BCUT2D eigenvalue weighted by atomic mass is 8.98. The zero-order valence-electron chi connectivity index (χ0n) is 5.28. The van der Waals surface area contributed by atoms with E-state index in [2.05, 4.69) is 22.1 Å². The van der Waals surface area contributed by atoms with E-state index in [1.165, 1.54) is 14.1 Å². The number of rotatable bonds is 3. The topological polar surface area (TPSA) is 0 Å². The molecule has 0 atom stereocenters. The minimum absolute atomic E-state index is 0.713. The van der Waals surface area contributed by atoms with E-state index < -0.39 is 0 Å². The van der Waals surface area contributed by atoms with Crippen molar-refractivity contribution in [1.82, 2.24) is 0 Å². The van der Waals surface area contributed by atoms with Crippen molar-refractivity contribution in [3.8, 4) is 0 Å². The van der Waals surface area contributed by atoms with Gasteiger partial charge in [0.1, 0.15) is 0 Å². The molecule has 0 nitrogen and oxygen atoms in total. The summed E-state index contributed by atoms with van der Waals surface area (Å²) in [5.74, 6) is 2.00. The highest BCUT2D eigenvalue weighted by Crippen LogP contribution is 1.67. The maximum atomic E-state index is 3.68. The summed E-state index contributed by atoms with van der Waals surface area (Å²) in [5, 5.41) is 0. The first-order valence-electron chi connectivity index (χ1n) is 2.93. The van der Waals surface area contributed by atoms with Crippen molar-refractivity contribution >= 4 is 36.1 Å². The van der Waals surface area contributed by atoms with Crippen LogP contribution in [-0.4, -0.2) is 36.1 Å². The molecular formula is C2H9B5. The van der Waals surface area contributed by atoms with Crippen molar-refractivity contribution in [2.24, 2.45) is 0 Å². The molecule has 7 heavy (non-hydrogen) atoms. The summed E-state index contributed by atoms with van der Waals surface area (Å²) in [4.78, 5) is 0. The van der Waals surface area contributed by atoms with Crippen LogP contribution in [0.5, 0.6) is 0 Å². The van der Waals surface area contributed by atoms with Gasteiger partial charge in [0.15, 0.2) is 0 Å². The molecule has 0 aromatic rings. The molecule has 0 aromatic heterocycles. The summed E-state index contributed by atoms with van der Waals surface area (Å²) in [7, 11) is 6.94. The van der Waals surface area contributed by atoms with E-state index in [1.807, 2.05) is 5.98 Å². The van der Waals surface area contributed by atoms with Gasteiger partial charge in [-0.2, -0.15) is 0 Å². The van der Waals surface area contributed by atoms with E-state index in [9.17, 15) is 0 Å². The summed E-state index contributed by atoms with van der Waals surface area (Å²) < 4.78 is 0. The minimum Gasteiger partial charge on any atom is -0.140 e. The quantitative estimate of drug-likeness (QED) is 0.325. The van der Waals surface area contributed by atoms with Crippen molar-refractivity contribution in [2.45, 2.75) is 0 Å². The van der Waals surface area contributed by atoms with E-state index in [1.54, 1.807) is 0 Å². The lowest BCUT2D eigenvalue weighted by Crippen LogP contribution is -2.25. The zero-order valence-corrected chi connectivity index (χ0v) is 5.28. The van der Waals surface area contributed by atoms with Gasteiger partial charge in [-0.25, -0.2) is 0 Å². The average molecular weight is 87.2 g/mol. The average Bonchev–Trinajstić information content (AvgIpc) is 1.68. The molecule has 5 heteroatoms. The molecule has 0 aliphatic carbocycles. The Hall–Kier alpha value is 0.0647. The summed E-state index contributed by atoms with van der Waals surface area (Å²) in [6, 6.07) is 0. The van der Waals surface area contributed by atoms with E-state index >= 15 is 0 Å². The fraction of sp³-hybridized carbons (Fsp3) is 0. The van der Waals surface area contributed by atoms with Gasteiger partial charge in [-0.05, 0) is 0 Å². The first kappa shape index (κ1) is 7.06. The van der Waals surface area contributed by atoms with Crippen LogP contribution < -0.4 is 0 Å². The Labute approximate surface area is 49.4 Å². The molecule has 0 aliphatic rings. The van der Waals surface area contributed by atoms with Gasteiger partial charge < -0.3 is 0 Å². The third kappa shape index (κ3) is 3.91. The third-order valence-electron chi connectivity index (χ3n) is 1.15. The Balaban J connectivity index is 2.98. The van der Waals surface area contributed by atoms with Crippen molar-refractivity contribution in [3.05, 3.63) is 12.6 Å². The highest BCUT2D eigenvalue weighted by molar-refractivity contribution is 7.56. The van der Waals surface area contributed by atoms with Crippen molar-refractivity contribution in [3.63, 3.8) is 0 Å². The van der Waals surface area contributed by atoms with Gasteiger partial charge in [0, 0.05) is 14.1 Å². The molecule has 0 heterocycles. The summed E-state index contributed by atoms with van der Waals surface area (Å²) >= 11 is 0. The van der Waals surface area contributed by atoms with Crippen molar-refractivity contribution in [1.29, 1.82) is 0 Å². The fourth-order valence-corrected chi connectivity index (χ4v) is 0.573. The van der Waals surface area contributed by atoms with Crippen LogP contribution in [0.15, 0.2) is 12.6 Å². The van der Waals surface area contributed by atoms with Crippen LogP contribution in [0.3, 0.4) is 0 Å². The first-order valence-corrected chi connectivity index (χ1v) is 2.93. The Morgan fingerprint density at radius 3 is 2.43 bits per heavy atom. The highest BCUT2D eigenvalue weighted by atomic mass is 13.2. The molecule has 0 aromatic carbocycles. The molecule has 0 saturated heterocycles. The minimum atomic E-state index is 0.713. The Morgan fingerprint density at radius 2 is 2.29 bits per heavy atom. The van der Waals surface area contributed by atoms with Crippen molar-refractivity contribution in [2.75, 3.05) is 0 Å². The standard InChI is InChI=1S/C2H9B5/c1-2-7(4)6-5-3/h2,5-6H,1,3-4H2. The van der Waals surface area contributed by atoms with Gasteiger partial charge in [-0.15, -0.1) is 12.6 Å². The smallest absolute Gasteiger partial charge is 0.0855 e. The SMILES string of the molecule is BBBB(B)C=C. The van der Waals surface area contributed by atoms with Crippen LogP contribution >= 0.6 is 0 Å². The van der Waals surface area contributed by atoms with Crippen LogP contribution in [0.25, 0.3) is 0 Å². The Bertz CT molecular complexity index is 52.0. The van der Waals surface area contributed by atoms with Gasteiger partial charge in [-0.1, -0.05) is 0 Å². The van der Waals surface area contributed by atoms with Crippen LogP contribution in [0, 0.1) is 0 Å². The molecule has 0 bridgehead atoms. The Morgan fingerprint density at radius 1 is 1.71 bits per heavy atom. The van der Waals surface area contributed by atoms with E-state index in [4.69, 9.17) is 0 Å². The molecule has 0 unspecified atom stereocenters. The fourth-order valence-electron chi connectivity index (χ4n) is 0.573. The summed E-state index contributed by atoms with van der Waals surface area (Å²) in [5.41, 5.74) is 0. The monoisotopic (exact) mass is 88.1 g/mol. The molecule has 0 N–H and O–H groups in total. The maximum Gasteiger partial charge on any atom is 0.0855 e. The van der Waals surface area contributed by atoms with Crippen LogP contribution in [0.2, 0.25) is 0 Å². The van der Waals surface area contributed by atoms with Crippen LogP contribution in [0.4, 0.5) is 0 Å². The lowest BCUT2D eigenvalue weighted by Gasteiger charge is -1.90. The molecule has 0 aliphatic heterocycles. The summed E-state index contributed by atoms with van der Waals surface area (Å²) in [6.07, 6.45) is 0. The lowest BCUT2D eigenvalue weighted by molar-refractivity contribution is 2.58. The van der Waals surface area contributed by atoms with Gasteiger partial charge in [-0.3, -0.25) is 0 Å². The van der Waals surface area contributed by atoms with Crippen LogP contribution in [0.1, 0.15) is 0 Å². The van der Waals surface area contributed by atoms with Gasteiger partial charge in [0.05, 0.1) is 22.0 Å². The molecule has 32 valence electrons. The summed E-state index contributed by atoms with van der Waals surface area (Å²) in [6.45, 7) is 4.39. The molecule has 0 fully saturated rings. The van der Waals surface area contributed by atoms with Crippen molar-refractivity contribution < 1.29 is 0 Å². The molecule has 0 amide bonds. The number of hydrogen-bond acceptors (Lipinski definition) is 0. The molecule has 0 radical (unpaired) electrons. The van der Waals surface area contributed by atoms with E-state index in [0.29, 0.717) is 6.49 Å². The third-order valence-corrected chi connectivity index (χ3v) is 1.15.